The van der Waals surface area contributed by atoms with E-state index in [2.05, 4.69) is 92.8 Å². The van der Waals surface area contributed by atoms with Gasteiger partial charge in [-0.05, 0) is 0 Å². The molecule has 138 valence electrons. The van der Waals surface area contributed by atoms with Gasteiger partial charge in [-0.25, -0.2) is 0 Å². The normalized spacial score (nSPS) is 8.82. The van der Waals surface area contributed by atoms with Gasteiger partial charge in [0.15, 0.2) is 0 Å². The molecule has 0 radical (unpaired) electrons. The fraction of sp³-hybridized carbons (Fsp3) is 0. The molecule has 0 nitrogen and oxygen atoms in total. The minimum atomic E-state index is 0.886. The average molecular weight is 404 g/mol. The van der Waals surface area contributed by atoms with Crippen molar-refractivity contribution in [2.24, 2.45) is 0 Å². The first kappa shape index (κ1) is 36.2. The fourth-order valence-electron chi connectivity index (χ4n) is 9.03. The van der Waals surface area contributed by atoms with Crippen LogP contribution in [0.2, 0.25) is 0 Å². The minimum absolute atomic E-state index is 0.886. The molecule has 0 aliphatic rings. The van der Waals surface area contributed by atoms with E-state index in [9.17, 15) is 0 Å². The van der Waals surface area contributed by atoms with Crippen molar-refractivity contribution in [1.82, 2.24) is 0 Å². The third kappa shape index (κ3) is 9.75. The first-order valence-electron chi connectivity index (χ1n) is 16.4. The lowest BCUT2D eigenvalue weighted by atomic mass is 8.33. The largest absolute Gasteiger partial charge is 0.0593 e. The molecule has 0 aliphatic heterocycles. The van der Waals surface area contributed by atoms with Gasteiger partial charge < -0.3 is 0 Å². The molecule has 0 bridgehead atoms. The molecule has 0 aliphatic carbocycles. The van der Waals surface area contributed by atoms with Crippen LogP contribution in [-0.4, -0.2) is 241 Å². The van der Waals surface area contributed by atoms with E-state index in [1.54, 1.807) is 0 Å². The highest BCUT2D eigenvalue weighted by Gasteiger charge is 2.51. The third-order valence-electron chi connectivity index (χ3n) is 10.9. The van der Waals surface area contributed by atoms with Gasteiger partial charge in [-0.15, -0.1) is 0 Å². The quantitative estimate of drug-likeness (QED) is 0.167. The Labute approximate surface area is 240 Å². The molecular weight excluding hydrogens is 368 g/mol. The smallest absolute Gasteiger partial charge is 0.000921 e. The van der Waals surface area contributed by atoms with Gasteiger partial charge in [0.1, 0.15) is 0 Å². The molecule has 0 fully saturated rings. The van der Waals surface area contributed by atoms with E-state index in [0.717, 1.165) is 63.9 Å². The summed E-state index contributed by atoms with van der Waals surface area (Å²) in [4.78, 5) is 0. The molecule has 0 heterocycles. The number of rotatable bonds is 21. The zero-order valence-corrected chi connectivity index (χ0v) is 26.3. The molecule has 0 N–H and O–H groups in total. The molecule has 0 amide bonds. The maximum Gasteiger partial charge on any atom is 0.0593 e. The summed E-state index contributed by atoms with van der Waals surface area (Å²) in [5.74, 6) is 0. The predicted molar refractivity (Wildman–Crippen MR) is 246 cm³/mol. The molecule has 34 heteroatoms. The second-order valence-electron chi connectivity index (χ2n) is 11.7. The van der Waals surface area contributed by atoms with Gasteiger partial charge in [-0.1, -0.05) is 0 Å². The lowest BCUT2D eigenvalue weighted by Gasteiger charge is -2.47. The maximum absolute atomic E-state index is 2.54. The van der Waals surface area contributed by atoms with Gasteiger partial charge in [-0.3, -0.25) is 0 Å². The van der Waals surface area contributed by atoms with Crippen molar-refractivity contribution in [2.45, 2.75) is 0 Å². The Kier molecular flexibility index (Phi) is 22.4. The van der Waals surface area contributed by atoms with Gasteiger partial charge in [0, 0.05) is 149 Å². The van der Waals surface area contributed by atoms with Crippen LogP contribution >= 0.6 is 0 Å². The van der Waals surface area contributed by atoms with Crippen molar-refractivity contribution in [3.63, 3.8) is 0 Å². The summed E-state index contributed by atoms with van der Waals surface area (Å²) in [5, 5.41) is 0. The van der Waals surface area contributed by atoms with Gasteiger partial charge in [0.05, 0.1) is 92.8 Å². The van der Waals surface area contributed by atoms with Gasteiger partial charge in [0.25, 0.3) is 0 Å². The van der Waals surface area contributed by atoms with Crippen molar-refractivity contribution in [2.75, 3.05) is 0 Å². The molecule has 0 spiro atoms. The highest BCUT2D eigenvalue weighted by molar-refractivity contribution is 8.26. The molecule has 0 rings (SSSR count). The van der Waals surface area contributed by atoms with Crippen LogP contribution in [-0.2, 0) is 0 Å². The zero-order chi connectivity index (χ0) is 26.3. The van der Waals surface area contributed by atoms with E-state index in [4.69, 9.17) is 0 Å². The molecule has 0 saturated heterocycles. The fourth-order valence-corrected chi connectivity index (χ4v) is 9.03. The molecular formula is H36B34. The van der Waals surface area contributed by atoms with Crippen LogP contribution in [0.5, 0.6) is 0 Å². The summed E-state index contributed by atoms with van der Waals surface area (Å²) in [6, 6.07) is 0. The van der Waals surface area contributed by atoms with Crippen LogP contribution < -0.4 is 0 Å². The first-order valence-corrected chi connectivity index (χ1v) is 16.4. The Morgan fingerprint density at radius 2 is 0.382 bits per heavy atom. The monoisotopic (exact) mass is 411 g/mol. The lowest BCUT2D eigenvalue weighted by Crippen LogP contribution is -2.86. The minimum Gasteiger partial charge on any atom is 0.000921 e. The second-order valence-corrected chi connectivity index (χ2v) is 11.7. The van der Waals surface area contributed by atoms with E-state index in [1.165, 1.54) is 84.7 Å². The number of hydrogen-bond donors (Lipinski definition) is 0. The van der Waals surface area contributed by atoms with Crippen LogP contribution in [0.15, 0.2) is 0 Å². The Morgan fingerprint density at radius 1 is 0.235 bits per heavy atom. The van der Waals surface area contributed by atoms with E-state index < -0.39 is 0 Å². The summed E-state index contributed by atoms with van der Waals surface area (Å²) < 4.78 is 0. The zero-order valence-electron chi connectivity index (χ0n) is 26.3. The standard InChI is InChI=1S/B34H36/c1-13-25(14-2)29(21-9)33(30(22-10)26(15-3)16-4)34(31(23-11)27(17-5)18-6)32(24-12)28(19-7)20-8/h13-24H,1-12H2. The van der Waals surface area contributed by atoms with Crippen LogP contribution in [0.1, 0.15) is 0 Å². The van der Waals surface area contributed by atoms with Gasteiger partial charge in [-0.2, -0.15) is 0 Å². The van der Waals surface area contributed by atoms with E-state index in [1.807, 2.05) is 0 Å². The van der Waals surface area contributed by atoms with E-state index in [-0.39, 0.29) is 0 Å². The third-order valence-corrected chi connectivity index (χ3v) is 10.9. The topological polar surface area (TPSA) is 0 Å². The van der Waals surface area contributed by atoms with Crippen LogP contribution in [0, 0.1) is 0 Å². The summed E-state index contributed by atoms with van der Waals surface area (Å²) in [6.07, 6.45) is 8.88. The second kappa shape index (κ2) is 21.1. The Balaban J connectivity index is 7.21. The molecule has 34 heavy (non-hydrogen) atoms. The molecule has 0 saturated carbocycles. The summed E-state index contributed by atoms with van der Waals surface area (Å²) in [7, 11) is 46.5. The highest BCUT2D eigenvalue weighted by Crippen LogP contribution is 2.12. The molecule has 0 aromatic rings. The van der Waals surface area contributed by atoms with Gasteiger partial charge >= 0.3 is 0 Å². The molecule has 0 unspecified atom stereocenters. The van der Waals surface area contributed by atoms with E-state index >= 15 is 0 Å². The summed E-state index contributed by atoms with van der Waals surface area (Å²) in [5.41, 5.74) is 0. The van der Waals surface area contributed by atoms with Crippen LogP contribution in [0.25, 0.3) is 0 Å². The van der Waals surface area contributed by atoms with E-state index in [0.29, 0.717) is 0 Å². The molecule has 0 aromatic heterocycles. The summed E-state index contributed by atoms with van der Waals surface area (Å²) in [6.45, 7) is 0. The van der Waals surface area contributed by atoms with Crippen molar-refractivity contribution in [3.8, 4) is 0 Å². The highest BCUT2D eigenvalue weighted by atomic mass is 13.3. The van der Waals surface area contributed by atoms with Crippen LogP contribution in [0.4, 0.5) is 0 Å². The van der Waals surface area contributed by atoms with Crippen molar-refractivity contribution in [3.05, 3.63) is 0 Å². The lowest BCUT2D eigenvalue weighted by molar-refractivity contribution is 3.27. The van der Waals surface area contributed by atoms with Crippen molar-refractivity contribution >= 4 is 241 Å². The SMILES string of the molecule is BBB(BB)B(BB)B(B(BB)B(BB)BB)B(B(BB)B(BB)BB)B(BB)B(BB)BB. The predicted octanol–water partition coefficient (Wildman–Crippen LogP) is -22.6. The maximum atomic E-state index is 2.54. The Morgan fingerprint density at radius 3 is 0.471 bits per heavy atom. The van der Waals surface area contributed by atoms with Crippen molar-refractivity contribution in [1.29, 1.82) is 0 Å². The average Bonchev–Trinajstić information content (AvgIpc) is 2.87. The Bertz CT molecular complexity index is 355. The van der Waals surface area contributed by atoms with Crippen LogP contribution in [0.3, 0.4) is 0 Å². The number of hydrogen-bond acceptors (Lipinski definition) is 0. The van der Waals surface area contributed by atoms with Crippen molar-refractivity contribution < 1.29 is 0 Å². The molecule has 0 atom stereocenters. The van der Waals surface area contributed by atoms with Gasteiger partial charge in [0.2, 0.25) is 0 Å². The first-order chi connectivity index (χ1) is 16.4. The Hall–Kier alpha value is 2.21. The summed E-state index contributed by atoms with van der Waals surface area (Å²) >= 11 is 0. The molecule has 0 aromatic carbocycles.